The third kappa shape index (κ3) is 6.94. The van der Waals surface area contributed by atoms with Crippen LogP contribution in [0.25, 0.3) is 0 Å². The molecule has 0 heterocycles. The lowest BCUT2D eigenvalue weighted by molar-refractivity contribution is 0.156. The maximum absolute atomic E-state index is 5.44. The number of benzene rings is 1. The quantitative estimate of drug-likeness (QED) is 0.585. The van der Waals surface area contributed by atoms with E-state index in [1.807, 2.05) is 6.92 Å². The molecule has 1 N–H and O–H groups in total. The highest BCUT2D eigenvalue weighted by atomic mass is 79.9. The molecule has 0 spiro atoms. The molecule has 0 fully saturated rings. The second kappa shape index (κ2) is 8.46. The Morgan fingerprint density at radius 3 is 2.67 bits per heavy atom. The van der Waals surface area contributed by atoms with Crippen molar-refractivity contribution in [2.75, 3.05) is 19.8 Å². The summed E-state index contributed by atoms with van der Waals surface area (Å²) in [5.41, 5.74) is 2.42. The van der Waals surface area contributed by atoms with Crippen molar-refractivity contribution in [3.63, 3.8) is 0 Å². The summed E-state index contributed by atoms with van der Waals surface area (Å²) in [4.78, 5) is 0. The van der Waals surface area contributed by atoms with Crippen LogP contribution in [0.4, 0.5) is 0 Å². The normalized spacial score (nSPS) is 12.4. The number of ether oxygens (including phenoxy) is 1. The first kappa shape index (κ1) is 15.4. The van der Waals surface area contributed by atoms with Crippen LogP contribution in [0, 0.1) is 0 Å². The van der Waals surface area contributed by atoms with Crippen LogP contribution < -0.4 is 5.32 Å². The van der Waals surface area contributed by atoms with Gasteiger partial charge in [-0.1, -0.05) is 40.2 Å². The van der Waals surface area contributed by atoms with E-state index in [0.717, 1.165) is 29.6 Å². The highest BCUT2D eigenvalue weighted by molar-refractivity contribution is 9.10. The van der Waals surface area contributed by atoms with Gasteiger partial charge >= 0.3 is 0 Å². The molecule has 2 nitrogen and oxygen atoms in total. The fourth-order valence-corrected chi connectivity index (χ4v) is 1.93. The fraction of sp³-hybridized carbons (Fsp3) is 0.467. The Hall–Kier alpha value is -0.640. The minimum atomic E-state index is 0.458. The van der Waals surface area contributed by atoms with Gasteiger partial charge in [-0.05, 0) is 38.0 Å². The van der Waals surface area contributed by atoms with Crippen LogP contribution in [-0.2, 0) is 11.2 Å². The molecule has 0 radical (unpaired) electrons. The molecule has 1 aromatic carbocycles. The van der Waals surface area contributed by atoms with Crippen LogP contribution in [0.1, 0.15) is 19.4 Å². The maximum atomic E-state index is 5.44. The monoisotopic (exact) mass is 311 g/mol. The lowest BCUT2D eigenvalue weighted by Gasteiger charge is -2.14. The first-order valence-corrected chi connectivity index (χ1v) is 7.07. The Morgan fingerprint density at radius 1 is 1.39 bits per heavy atom. The van der Waals surface area contributed by atoms with Crippen molar-refractivity contribution >= 4 is 15.9 Å². The van der Waals surface area contributed by atoms with E-state index in [-0.39, 0.29) is 0 Å². The van der Waals surface area contributed by atoms with Crippen LogP contribution in [0.2, 0.25) is 0 Å². The van der Waals surface area contributed by atoms with Gasteiger partial charge in [-0.2, -0.15) is 0 Å². The van der Waals surface area contributed by atoms with Crippen molar-refractivity contribution in [1.82, 2.24) is 5.32 Å². The third-order valence-electron chi connectivity index (χ3n) is 2.54. The molecule has 1 unspecified atom stereocenters. The molecule has 100 valence electrons. The zero-order valence-corrected chi connectivity index (χ0v) is 12.8. The molecular weight excluding hydrogens is 290 g/mol. The lowest BCUT2D eigenvalue weighted by Crippen LogP contribution is -2.31. The second-order valence-corrected chi connectivity index (χ2v) is 5.61. The van der Waals surface area contributed by atoms with Gasteiger partial charge in [-0.25, -0.2) is 0 Å². The van der Waals surface area contributed by atoms with Crippen molar-refractivity contribution in [2.24, 2.45) is 0 Å². The number of nitrogens with one attached hydrogen (secondary N) is 1. The fourth-order valence-electron chi connectivity index (χ4n) is 1.67. The number of halogens is 1. The standard InChI is InChI=1S/C15H22BrNO/c1-12(2)11-18-9-8-17-13(3)10-14-4-6-15(16)7-5-14/h4-7,13,17H,1,8-11H2,2-3H3. The molecule has 0 saturated heterocycles. The van der Waals surface area contributed by atoms with E-state index in [1.54, 1.807) is 0 Å². The van der Waals surface area contributed by atoms with E-state index < -0.39 is 0 Å². The van der Waals surface area contributed by atoms with E-state index in [9.17, 15) is 0 Å². The van der Waals surface area contributed by atoms with Gasteiger partial charge in [0, 0.05) is 17.1 Å². The zero-order chi connectivity index (χ0) is 13.4. The minimum absolute atomic E-state index is 0.458. The average molecular weight is 312 g/mol. The van der Waals surface area contributed by atoms with E-state index >= 15 is 0 Å². The van der Waals surface area contributed by atoms with Gasteiger partial charge < -0.3 is 10.1 Å². The average Bonchev–Trinajstić information content (AvgIpc) is 2.31. The molecule has 0 saturated carbocycles. The minimum Gasteiger partial charge on any atom is -0.376 e. The summed E-state index contributed by atoms with van der Waals surface area (Å²) in [6.45, 7) is 10.2. The summed E-state index contributed by atoms with van der Waals surface area (Å²) in [6, 6.07) is 8.93. The Labute approximate surface area is 119 Å². The zero-order valence-electron chi connectivity index (χ0n) is 11.2. The molecule has 0 aliphatic carbocycles. The topological polar surface area (TPSA) is 21.3 Å². The van der Waals surface area contributed by atoms with Crippen molar-refractivity contribution in [2.45, 2.75) is 26.3 Å². The molecule has 1 atom stereocenters. The van der Waals surface area contributed by atoms with E-state index in [2.05, 4.69) is 59.0 Å². The van der Waals surface area contributed by atoms with Crippen molar-refractivity contribution < 1.29 is 4.74 Å². The van der Waals surface area contributed by atoms with Crippen LogP contribution in [0.15, 0.2) is 40.9 Å². The third-order valence-corrected chi connectivity index (χ3v) is 3.07. The SMILES string of the molecule is C=C(C)COCCNC(C)Cc1ccc(Br)cc1. The van der Waals surface area contributed by atoms with Gasteiger partial charge in [0.2, 0.25) is 0 Å². The molecule has 0 aliphatic rings. The molecular formula is C15H22BrNO. The molecule has 1 aromatic rings. The summed E-state index contributed by atoms with van der Waals surface area (Å²) < 4.78 is 6.57. The molecule has 0 aromatic heterocycles. The maximum Gasteiger partial charge on any atom is 0.0672 e. The van der Waals surface area contributed by atoms with Crippen LogP contribution in [0.5, 0.6) is 0 Å². The van der Waals surface area contributed by atoms with Crippen LogP contribution >= 0.6 is 15.9 Å². The molecule has 3 heteroatoms. The lowest BCUT2D eigenvalue weighted by atomic mass is 10.1. The Bertz CT molecular complexity index is 361. The molecule has 0 amide bonds. The Kier molecular flexibility index (Phi) is 7.25. The van der Waals surface area contributed by atoms with Gasteiger partial charge in [-0.3, -0.25) is 0 Å². The van der Waals surface area contributed by atoms with Gasteiger partial charge in [0.1, 0.15) is 0 Å². The summed E-state index contributed by atoms with van der Waals surface area (Å²) in [5.74, 6) is 0. The first-order chi connectivity index (χ1) is 8.58. The first-order valence-electron chi connectivity index (χ1n) is 6.28. The molecule has 0 bridgehead atoms. The highest BCUT2D eigenvalue weighted by Crippen LogP contribution is 2.11. The number of hydrogen-bond acceptors (Lipinski definition) is 2. The smallest absolute Gasteiger partial charge is 0.0672 e. The van der Waals surface area contributed by atoms with Gasteiger partial charge in [0.15, 0.2) is 0 Å². The Morgan fingerprint density at radius 2 is 2.06 bits per heavy atom. The predicted octanol–water partition coefficient (Wildman–Crippen LogP) is 3.56. The van der Waals surface area contributed by atoms with Gasteiger partial charge in [0.25, 0.3) is 0 Å². The Balaban J connectivity index is 2.15. The largest absolute Gasteiger partial charge is 0.376 e. The van der Waals surface area contributed by atoms with E-state index in [4.69, 9.17) is 4.74 Å². The summed E-state index contributed by atoms with van der Waals surface area (Å²) in [6.07, 6.45) is 1.04. The number of hydrogen-bond donors (Lipinski definition) is 1. The highest BCUT2D eigenvalue weighted by Gasteiger charge is 2.02. The molecule has 1 rings (SSSR count). The van der Waals surface area contributed by atoms with Crippen molar-refractivity contribution in [3.8, 4) is 0 Å². The summed E-state index contributed by atoms with van der Waals surface area (Å²) in [7, 11) is 0. The number of rotatable bonds is 8. The van der Waals surface area contributed by atoms with Crippen molar-refractivity contribution in [1.29, 1.82) is 0 Å². The molecule has 0 aliphatic heterocycles. The summed E-state index contributed by atoms with van der Waals surface area (Å²) in [5, 5.41) is 3.45. The van der Waals surface area contributed by atoms with E-state index in [0.29, 0.717) is 12.6 Å². The van der Waals surface area contributed by atoms with Gasteiger partial charge in [-0.15, -0.1) is 0 Å². The summed E-state index contributed by atoms with van der Waals surface area (Å²) >= 11 is 3.44. The van der Waals surface area contributed by atoms with Crippen LogP contribution in [-0.4, -0.2) is 25.8 Å². The van der Waals surface area contributed by atoms with E-state index in [1.165, 1.54) is 5.56 Å². The van der Waals surface area contributed by atoms with Crippen LogP contribution in [0.3, 0.4) is 0 Å². The van der Waals surface area contributed by atoms with Crippen molar-refractivity contribution in [3.05, 3.63) is 46.5 Å². The molecule has 18 heavy (non-hydrogen) atoms. The predicted molar refractivity (Wildman–Crippen MR) is 80.9 cm³/mol. The van der Waals surface area contributed by atoms with Gasteiger partial charge in [0.05, 0.1) is 13.2 Å². The second-order valence-electron chi connectivity index (χ2n) is 4.70.